The van der Waals surface area contributed by atoms with Gasteiger partial charge in [-0.3, -0.25) is 9.78 Å². The molecule has 4 nitrogen and oxygen atoms in total. The molecular weight excluding hydrogens is 595 g/mol. The molecule has 3 heterocycles. The zero-order chi connectivity index (χ0) is 24.8. The predicted molar refractivity (Wildman–Crippen MR) is 152 cm³/mol. The van der Waals surface area contributed by atoms with Crippen molar-refractivity contribution < 1.29 is 73.7 Å². The van der Waals surface area contributed by atoms with Crippen molar-refractivity contribution in [1.29, 1.82) is 0 Å². The van der Waals surface area contributed by atoms with Crippen LogP contribution in [0.4, 0.5) is 0 Å². The van der Waals surface area contributed by atoms with Gasteiger partial charge in [-0.15, -0.1) is 0 Å². The Morgan fingerprint density at radius 1 is 1.14 bits per heavy atom. The molecule has 0 aliphatic carbocycles. The molecule has 1 aliphatic rings. The second-order valence-electron chi connectivity index (χ2n) is 9.26. The van der Waals surface area contributed by atoms with E-state index in [1.54, 1.807) is 11.8 Å². The smallest absolute Gasteiger partial charge is 0.358 e. The van der Waals surface area contributed by atoms with Crippen LogP contribution in [0, 0.1) is 14.4 Å². The summed E-state index contributed by atoms with van der Waals surface area (Å²) < 4.78 is 0. The normalized spacial score (nSPS) is 14.9. The number of benzene rings is 1. The predicted octanol–water partition coefficient (Wildman–Crippen LogP) is 4.66. The number of carbonyl (C=O) groups is 1. The van der Waals surface area contributed by atoms with Gasteiger partial charge < -0.3 is 12.3 Å². The molecule has 4 rings (SSSR count). The van der Waals surface area contributed by atoms with E-state index in [0.717, 1.165) is 65.2 Å². The summed E-state index contributed by atoms with van der Waals surface area (Å²) in [6, 6.07) is 14.4. The van der Waals surface area contributed by atoms with Crippen LogP contribution in [-0.2, 0) is 4.79 Å². The van der Waals surface area contributed by atoms with E-state index in [1.807, 2.05) is 53.8 Å². The minimum atomic E-state index is -0.289. The van der Waals surface area contributed by atoms with Crippen LogP contribution in [0.3, 0.4) is 0 Å². The number of amides is 1. The molecule has 2 unspecified atom stereocenters. The van der Waals surface area contributed by atoms with Crippen molar-refractivity contribution in [2.45, 2.75) is 63.2 Å². The first-order chi connectivity index (χ1) is 17.0. The Balaban J connectivity index is 0.00000241. The number of hydrogen-bond donors (Lipinski definition) is 0. The Morgan fingerprint density at radius 2 is 1.84 bits per heavy atom. The van der Waals surface area contributed by atoms with Crippen LogP contribution >= 0.6 is 11.8 Å². The van der Waals surface area contributed by atoms with Crippen LogP contribution in [0.2, 0.25) is 0 Å². The molecular formula is C31H38CsN3OS. The molecule has 6 heteroatoms. The maximum Gasteiger partial charge on any atom is 1.00 e. The Bertz CT molecular complexity index is 1190. The van der Waals surface area contributed by atoms with Gasteiger partial charge in [0, 0.05) is 42.8 Å². The quantitative estimate of drug-likeness (QED) is 0.268. The largest absolute Gasteiger partial charge is 1.00 e. The van der Waals surface area contributed by atoms with Gasteiger partial charge in [-0.25, -0.2) is 4.98 Å². The van der Waals surface area contributed by atoms with E-state index in [9.17, 15) is 4.79 Å². The van der Waals surface area contributed by atoms with Gasteiger partial charge in [0.25, 0.3) is 0 Å². The molecule has 0 bridgehead atoms. The van der Waals surface area contributed by atoms with Crippen molar-refractivity contribution in [3.8, 4) is 0 Å². The summed E-state index contributed by atoms with van der Waals surface area (Å²) in [4.78, 5) is 24.8. The van der Waals surface area contributed by atoms with Gasteiger partial charge >= 0.3 is 68.9 Å². The van der Waals surface area contributed by atoms with E-state index in [2.05, 4.69) is 50.9 Å². The molecule has 0 N–H and O–H groups in total. The van der Waals surface area contributed by atoms with Crippen LogP contribution in [0.1, 0.15) is 79.0 Å². The van der Waals surface area contributed by atoms with Crippen LogP contribution in [0.15, 0.2) is 72.2 Å². The Labute approximate surface area is 286 Å². The maximum atomic E-state index is 13.5. The topological polar surface area (TPSA) is 46.1 Å². The third-order valence-electron chi connectivity index (χ3n) is 6.89. The van der Waals surface area contributed by atoms with E-state index in [4.69, 9.17) is 4.98 Å². The Hall–Kier alpha value is -0.868. The van der Waals surface area contributed by atoms with Gasteiger partial charge in [0.05, 0.1) is 5.03 Å². The fourth-order valence-electron chi connectivity index (χ4n) is 4.69. The number of nitrogens with zero attached hydrogens (tertiary/aromatic N) is 3. The van der Waals surface area contributed by atoms with E-state index in [-0.39, 0.29) is 87.5 Å². The molecule has 1 aromatic carbocycles. The molecule has 1 fully saturated rings. The van der Waals surface area contributed by atoms with Crippen molar-refractivity contribution in [2.75, 3.05) is 13.1 Å². The second-order valence-corrected chi connectivity index (χ2v) is 10.4. The summed E-state index contributed by atoms with van der Waals surface area (Å²) in [5, 5.41) is 0.613. The monoisotopic (exact) mass is 633 g/mol. The first kappa shape index (κ1) is 32.3. The van der Waals surface area contributed by atoms with Crippen LogP contribution < -0.4 is 68.9 Å². The first-order valence-corrected chi connectivity index (χ1v) is 13.5. The van der Waals surface area contributed by atoms with E-state index in [1.165, 1.54) is 5.56 Å². The Morgan fingerprint density at radius 3 is 2.46 bits per heavy atom. The Kier molecular flexibility index (Phi) is 13.7. The fourth-order valence-corrected chi connectivity index (χ4v) is 5.82. The number of thioether (sulfide) groups is 1. The fraction of sp³-hybridized carbons (Fsp3) is 0.355. The third kappa shape index (κ3) is 7.84. The molecule has 2 aromatic heterocycles. The second kappa shape index (κ2) is 15.7. The van der Waals surface area contributed by atoms with Gasteiger partial charge in [-0.05, 0) is 73.4 Å². The molecule has 0 radical (unpaired) electrons. The molecule has 1 amide bonds. The van der Waals surface area contributed by atoms with Gasteiger partial charge in [0.15, 0.2) is 0 Å². The van der Waals surface area contributed by atoms with Crippen LogP contribution in [0.25, 0.3) is 5.57 Å². The average molecular weight is 634 g/mol. The van der Waals surface area contributed by atoms with Crippen molar-refractivity contribution >= 4 is 23.2 Å². The number of likely N-dealkylation sites (tertiary alicyclic amines) is 1. The summed E-state index contributed by atoms with van der Waals surface area (Å²) >= 11 is 1.56. The number of aryl methyl sites for hydroxylation is 1. The molecule has 190 valence electrons. The zero-order valence-electron chi connectivity index (χ0n) is 23.2. The minimum absolute atomic E-state index is 0. The molecule has 3 aromatic rings. The van der Waals surface area contributed by atoms with Crippen molar-refractivity contribution in [3.05, 3.63) is 102 Å². The van der Waals surface area contributed by atoms with Crippen molar-refractivity contribution in [1.82, 2.24) is 14.9 Å². The molecule has 2 atom stereocenters. The minimum Gasteiger partial charge on any atom is -0.358 e. The third-order valence-corrected chi connectivity index (χ3v) is 8.25. The SMILES string of the molecule is C/C=C(/c1cnc(SC(C(=O)N2CCCC2)c2ccccc2)c(C)c1)c1cnccc1C(C)CC.[CH3-].[Cs+]. The summed E-state index contributed by atoms with van der Waals surface area (Å²) in [5.41, 5.74) is 6.81. The maximum absolute atomic E-state index is 13.5. The van der Waals surface area contributed by atoms with Crippen LogP contribution in [-0.4, -0.2) is 33.9 Å². The summed E-state index contributed by atoms with van der Waals surface area (Å²) in [6.07, 6.45) is 11.2. The molecule has 0 spiro atoms. The molecule has 1 saturated heterocycles. The number of allylic oxidation sites excluding steroid dienone is 1. The zero-order valence-corrected chi connectivity index (χ0v) is 30.3. The van der Waals surface area contributed by atoms with Gasteiger partial charge in [0.1, 0.15) is 5.25 Å². The summed E-state index contributed by atoms with van der Waals surface area (Å²) in [7, 11) is 0. The van der Waals surface area contributed by atoms with Crippen LogP contribution in [0.5, 0.6) is 0 Å². The van der Waals surface area contributed by atoms with Gasteiger partial charge in [-0.2, -0.15) is 0 Å². The van der Waals surface area contributed by atoms with E-state index in [0.29, 0.717) is 5.92 Å². The molecule has 0 saturated carbocycles. The average Bonchev–Trinajstić information content (AvgIpc) is 3.44. The number of hydrogen-bond acceptors (Lipinski definition) is 4. The number of aromatic nitrogens is 2. The molecule has 1 aliphatic heterocycles. The summed E-state index contributed by atoms with van der Waals surface area (Å²) in [6.45, 7) is 10.3. The number of pyridine rings is 2. The number of rotatable bonds is 8. The summed E-state index contributed by atoms with van der Waals surface area (Å²) in [5.74, 6) is 0.640. The molecule has 37 heavy (non-hydrogen) atoms. The standard InChI is InChI=1S/C30H35N3OS.CH3.Cs/c1-5-21(3)26-14-15-31-20-27(26)25(6-2)24-18-22(4)29(32-19-24)35-28(23-12-8-7-9-13-23)30(34)33-16-10-11-17-33;;/h6-9,12-15,18-21,28H,5,10-11,16-17H2,1-4H3;1H3;/q;-1;+1/b25-6-;;. The van der Waals surface area contributed by atoms with Gasteiger partial charge in [-0.1, -0.05) is 62.0 Å². The van der Waals surface area contributed by atoms with E-state index < -0.39 is 0 Å². The van der Waals surface area contributed by atoms with Crippen molar-refractivity contribution in [3.63, 3.8) is 0 Å². The van der Waals surface area contributed by atoms with E-state index >= 15 is 0 Å². The van der Waals surface area contributed by atoms with Gasteiger partial charge in [0.2, 0.25) is 5.91 Å². The van der Waals surface area contributed by atoms with Crippen molar-refractivity contribution in [2.24, 2.45) is 0 Å². The first-order valence-electron chi connectivity index (χ1n) is 12.6. The number of carbonyl (C=O) groups excluding carboxylic acids is 1.